The first kappa shape index (κ1) is 19.1. The monoisotopic (exact) mass is 429 g/mol. The largest absolute Gasteiger partial charge is 0.296 e. The predicted molar refractivity (Wildman–Crippen MR) is 114 cm³/mol. The molecule has 0 saturated heterocycles. The molecule has 0 saturated carbocycles. The van der Waals surface area contributed by atoms with E-state index in [0.717, 1.165) is 28.2 Å². The molecular weight excluding hydrogens is 413 g/mol. The third-order valence-electron chi connectivity index (χ3n) is 4.30. The fourth-order valence-corrected chi connectivity index (χ4v) is 3.72. The Bertz CT molecular complexity index is 1060. The molecule has 4 rings (SSSR count). The van der Waals surface area contributed by atoms with Gasteiger partial charge in [0.1, 0.15) is 10.0 Å². The number of benzene rings is 2. The molecule has 0 aliphatic carbocycles. The average molecular weight is 430 g/mol. The van der Waals surface area contributed by atoms with E-state index >= 15 is 0 Å². The Morgan fingerprint density at radius 2 is 1.75 bits per heavy atom. The highest BCUT2D eigenvalue weighted by Crippen LogP contribution is 2.27. The maximum absolute atomic E-state index is 6.15. The molecule has 28 heavy (non-hydrogen) atoms. The first-order valence-corrected chi connectivity index (χ1v) is 10.2. The van der Waals surface area contributed by atoms with Crippen molar-refractivity contribution in [1.29, 1.82) is 0 Å². The van der Waals surface area contributed by atoms with E-state index in [2.05, 4.69) is 20.7 Å². The van der Waals surface area contributed by atoms with Crippen LogP contribution in [0.5, 0.6) is 0 Å². The quantitative estimate of drug-likeness (QED) is 0.415. The number of aromatic nitrogens is 4. The van der Waals surface area contributed by atoms with Gasteiger partial charge in [-0.2, -0.15) is 5.10 Å². The lowest BCUT2D eigenvalue weighted by atomic mass is 10.1. The summed E-state index contributed by atoms with van der Waals surface area (Å²) in [6.07, 6.45) is 2.07. The molecule has 4 aromatic rings. The van der Waals surface area contributed by atoms with Crippen LogP contribution in [0.25, 0.3) is 16.9 Å². The summed E-state index contributed by atoms with van der Waals surface area (Å²) in [7, 11) is 2.03. The Balaban J connectivity index is 1.67. The summed E-state index contributed by atoms with van der Waals surface area (Å²) in [6, 6.07) is 17.8. The highest BCUT2D eigenvalue weighted by atomic mass is 35.5. The maximum atomic E-state index is 6.15. The van der Waals surface area contributed by atoms with Gasteiger partial charge in [-0.15, -0.1) is 5.10 Å². The highest BCUT2D eigenvalue weighted by molar-refractivity contribution is 7.10. The molecule has 2 aromatic heterocycles. The zero-order valence-corrected chi connectivity index (χ0v) is 17.4. The molecule has 0 amide bonds. The minimum Gasteiger partial charge on any atom is -0.296 e. The predicted octanol–water partition coefficient (Wildman–Crippen LogP) is 5.33. The number of para-hydroxylation sites is 1. The molecule has 5 nitrogen and oxygen atoms in total. The van der Waals surface area contributed by atoms with E-state index in [9.17, 15) is 0 Å². The van der Waals surface area contributed by atoms with Gasteiger partial charge in [-0.25, -0.2) is 4.68 Å². The second-order valence-corrected chi connectivity index (χ2v) is 8.25. The molecule has 0 fully saturated rings. The first-order valence-electron chi connectivity index (χ1n) is 8.65. The van der Waals surface area contributed by atoms with E-state index in [1.807, 2.05) is 66.3 Å². The van der Waals surface area contributed by atoms with Crippen LogP contribution in [0.2, 0.25) is 9.36 Å². The Hall–Kier alpha value is -2.25. The molecule has 0 N–H and O–H groups in total. The maximum Gasteiger partial charge on any atom is 0.138 e. The zero-order valence-electron chi connectivity index (χ0n) is 15.1. The van der Waals surface area contributed by atoms with Gasteiger partial charge in [0.15, 0.2) is 0 Å². The van der Waals surface area contributed by atoms with Crippen LogP contribution in [-0.2, 0) is 13.1 Å². The lowest BCUT2D eigenvalue weighted by Crippen LogP contribution is -2.17. The van der Waals surface area contributed by atoms with Crippen molar-refractivity contribution in [2.45, 2.75) is 13.1 Å². The van der Waals surface area contributed by atoms with Gasteiger partial charge < -0.3 is 0 Å². The van der Waals surface area contributed by atoms with Crippen molar-refractivity contribution < 1.29 is 0 Å². The van der Waals surface area contributed by atoms with E-state index in [1.165, 1.54) is 11.5 Å². The van der Waals surface area contributed by atoms with E-state index in [4.69, 9.17) is 28.3 Å². The number of halogens is 2. The van der Waals surface area contributed by atoms with Crippen molar-refractivity contribution in [3.63, 3.8) is 0 Å². The van der Waals surface area contributed by atoms with E-state index in [-0.39, 0.29) is 0 Å². The smallest absolute Gasteiger partial charge is 0.138 e. The van der Waals surface area contributed by atoms with Crippen LogP contribution in [0.1, 0.15) is 11.3 Å². The minimum absolute atomic E-state index is 0.617. The Kier molecular flexibility index (Phi) is 5.73. The van der Waals surface area contributed by atoms with Gasteiger partial charge in [0.2, 0.25) is 0 Å². The Morgan fingerprint density at radius 1 is 1.00 bits per heavy atom. The molecule has 2 heterocycles. The molecule has 8 heteroatoms. The topological polar surface area (TPSA) is 46.8 Å². The molecule has 0 unspecified atom stereocenters. The highest BCUT2D eigenvalue weighted by Gasteiger charge is 2.16. The molecule has 0 aliphatic heterocycles. The van der Waals surface area contributed by atoms with Gasteiger partial charge in [0, 0.05) is 47.0 Å². The summed E-state index contributed by atoms with van der Waals surface area (Å²) < 4.78 is 6.44. The van der Waals surface area contributed by atoms with Crippen LogP contribution in [0.4, 0.5) is 0 Å². The van der Waals surface area contributed by atoms with Crippen molar-refractivity contribution >= 4 is 34.7 Å². The van der Waals surface area contributed by atoms with E-state index in [1.54, 1.807) is 0 Å². The van der Waals surface area contributed by atoms with Crippen LogP contribution < -0.4 is 0 Å². The van der Waals surface area contributed by atoms with Gasteiger partial charge >= 0.3 is 0 Å². The van der Waals surface area contributed by atoms with Crippen molar-refractivity contribution in [3.05, 3.63) is 81.4 Å². The standard InChI is InChI=1S/C20H17Cl2N5S/c1-26(13-18-20(22)28-25-23-18)11-15-12-27(17-5-3-2-4-6-17)24-19(15)14-7-9-16(21)10-8-14/h2-10,12H,11,13H2,1H3. The molecule has 0 radical (unpaired) electrons. The molecule has 0 bridgehead atoms. The molecule has 0 spiro atoms. The molecule has 0 aliphatic rings. The first-order chi connectivity index (χ1) is 13.6. The third kappa shape index (κ3) is 4.25. The Labute approximate surface area is 177 Å². The van der Waals surface area contributed by atoms with Crippen molar-refractivity contribution in [2.24, 2.45) is 0 Å². The summed E-state index contributed by atoms with van der Waals surface area (Å²) in [6.45, 7) is 1.31. The lowest BCUT2D eigenvalue weighted by molar-refractivity contribution is 0.315. The fraction of sp³-hybridized carbons (Fsp3) is 0.150. The molecule has 0 atom stereocenters. The minimum atomic E-state index is 0.617. The van der Waals surface area contributed by atoms with Gasteiger partial charge in [-0.3, -0.25) is 4.90 Å². The SMILES string of the molecule is CN(Cc1cn(-c2ccccc2)nc1-c1ccc(Cl)cc1)Cc1nnsc1Cl. The second kappa shape index (κ2) is 8.41. The number of nitrogens with zero attached hydrogens (tertiary/aromatic N) is 5. The van der Waals surface area contributed by atoms with Gasteiger partial charge in [-0.05, 0) is 31.3 Å². The van der Waals surface area contributed by atoms with Crippen LogP contribution in [0.3, 0.4) is 0 Å². The second-order valence-electron chi connectivity index (χ2n) is 6.46. The van der Waals surface area contributed by atoms with Crippen LogP contribution in [0, 0.1) is 0 Å². The number of rotatable bonds is 6. The zero-order chi connectivity index (χ0) is 19.5. The normalized spacial score (nSPS) is 11.3. The average Bonchev–Trinajstić information content (AvgIpc) is 3.30. The lowest BCUT2D eigenvalue weighted by Gasteiger charge is -2.15. The van der Waals surface area contributed by atoms with Crippen LogP contribution in [0.15, 0.2) is 60.8 Å². The van der Waals surface area contributed by atoms with Crippen molar-refractivity contribution in [2.75, 3.05) is 7.05 Å². The van der Waals surface area contributed by atoms with Gasteiger partial charge in [0.05, 0.1) is 11.4 Å². The summed E-state index contributed by atoms with van der Waals surface area (Å²) in [4.78, 5) is 2.15. The molecular formula is C20H17Cl2N5S. The summed E-state index contributed by atoms with van der Waals surface area (Å²) in [5.74, 6) is 0. The fourth-order valence-electron chi connectivity index (χ4n) is 2.98. The molecule has 2 aromatic carbocycles. The van der Waals surface area contributed by atoms with Gasteiger partial charge in [0.25, 0.3) is 0 Å². The van der Waals surface area contributed by atoms with Crippen LogP contribution in [-0.4, -0.2) is 31.3 Å². The van der Waals surface area contributed by atoms with Crippen LogP contribution >= 0.6 is 34.7 Å². The van der Waals surface area contributed by atoms with E-state index in [0.29, 0.717) is 22.4 Å². The van der Waals surface area contributed by atoms with Crippen molar-refractivity contribution in [1.82, 2.24) is 24.3 Å². The summed E-state index contributed by atoms with van der Waals surface area (Å²) >= 11 is 13.4. The van der Waals surface area contributed by atoms with E-state index < -0.39 is 0 Å². The van der Waals surface area contributed by atoms with Gasteiger partial charge in [-0.1, -0.05) is 58.0 Å². The molecule has 142 valence electrons. The Morgan fingerprint density at radius 3 is 2.43 bits per heavy atom. The summed E-state index contributed by atoms with van der Waals surface area (Å²) in [5, 5.41) is 9.65. The van der Waals surface area contributed by atoms with Crippen molar-refractivity contribution in [3.8, 4) is 16.9 Å². The number of hydrogen-bond donors (Lipinski definition) is 0. The third-order valence-corrected chi connectivity index (χ3v) is 5.53. The number of hydrogen-bond acceptors (Lipinski definition) is 5. The summed E-state index contributed by atoms with van der Waals surface area (Å²) in [5.41, 5.74) is 4.86.